The third kappa shape index (κ3) is 3.64. The molecule has 0 saturated heterocycles. The summed E-state index contributed by atoms with van der Waals surface area (Å²) in [6.07, 6.45) is 1.53. The maximum absolute atomic E-state index is 11.1. The minimum absolute atomic E-state index is 0.407. The van der Waals surface area contributed by atoms with Crippen LogP contribution in [0, 0.1) is 17.8 Å². The van der Waals surface area contributed by atoms with Gasteiger partial charge in [-0.05, 0) is 11.6 Å². The molecule has 0 bridgehead atoms. The van der Waals surface area contributed by atoms with Crippen LogP contribution in [0.5, 0.6) is 0 Å². The van der Waals surface area contributed by atoms with E-state index in [1.54, 1.807) is 23.9 Å². The Morgan fingerprint density at radius 1 is 1.53 bits per heavy atom. The number of carbonyl (C=O) groups is 1. The van der Waals surface area contributed by atoms with Gasteiger partial charge in [-0.3, -0.25) is 4.79 Å². The van der Waals surface area contributed by atoms with E-state index < -0.39 is 5.91 Å². The lowest BCUT2D eigenvalue weighted by molar-refractivity contribution is 0.0999. The molecule has 77 valence electrons. The van der Waals surface area contributed by atoms with Crippen molar-refractivity contribution in [3.8, 4) is 6.07 Å². The van der Waals surface area contributed by atoms with E-state index in [9.17, 15) is 4.79 Å². The first-order valence-corrected chi connectivity index (χ1v) is 5.58. The molecule has 0 aliphatic rings. The van der Waals surface area contributed by atoms with Gasteiger partial charge in [-0.1, -0.05) is 18.2 Å². The average molecular weight is 219 g/mol. The number of primary amides is 1. The zero-order chi connectivity index (χ0) is 11.1. The highest BCUT2D eigenvalue weighted by Gasteiger charge is 2.06. The maximum Gasteiger partial charge on any atom is 0.249 e. The minimum Gasteiger partial charge on any atom is -0.366 e. The van der Waals surface area contributed by atoms with Crippen LogP contribution in [0.2, 0.25) is 0 Å². The van der Waals surface area contributed by atoms with Gasteiger partial charge in [-0.2, -0.15) is 17.0 Å². The molecule has 0 unspecified atom stereocenters. The van der Waals surface area contributed by atoms with Crippen LogP contribution in [0.1, 0.15) is 15.9 Å². The summed E-state index contributed by atoms with van der Waals surface area (Å²) in [6, 6.07) is 9.20. The van der Waals surface area contributed by atoms with Crippen molar-refractivity contribution in [1.29, 1.82) is 5.26 Å². The van der Waals surface area contributed by atoms with E-state index >= 15 is 0 Å². The monoisotopic (exact) mass is 219 g/mol. The highest BCUT2D eigenvalue weighted by atomic mass is 32.2. The maximum atomic E-state index is 11.1. The number of thioether (sulfide) groups is 1. The number of nitrogens with zero attached hydrogens (tertiary/aromatic N) is 1. The molecule has 1 aromatic rings. The van der Waals surface area contributed by atoms with Crippen molar-refractivity contribution >= 4 is 17.7 Å². The molecule has 15 heavy (non-hydrogen) atoms. The summed E-state index contributed by atoms with van der Waals surface area (Å²) in [7, 11) is 0. The molecule has 0 spiro atoms. The van der Waals surface area contributed by atoms with E-state index in [1.165, 1.54) is 6.42 Å². The number of hydrogen-bond donors (Lipinski definition) is 1. The Kier molecular flexibility index (Phi) is 4.72. The fourth-order valence-electron chi connectivity index (χ4n) is 1.15. The van der Waals surface area contributed by atoms with E-state index in [2.05, 4.69) is 0 Å². The summed E-state index contributed by atoms with van der Waals surface area (Å²) in [5, 5.41) is 8.31. The first-order valence-electron chi connectivity index (χ1n) is 4.42. The van der Waals surface area contributed by atoms with Gasteiger partial charge in [0.15, 0.2) is 0 Å². The van der Waals surface area contributed by atoms with Crippen LogP contribution in [-0.4, -0.2) is 11.7 Å². The Balaban J connectivity index is 2.60. The Labute approximate surface area is 93.3 Å². The molecule has 1 amide bonds. The van der Waals surface area contributed by atoms with Crippen molar-refractivity contribution in [2.75, 3.05) is 5.75 Å². The average Bonchev–Trinajstić information content (AvgIpc) is 2.25. The number of nitrogens with two attached hydrogens (primary N) is 1. The van der Waals surface area contributed by atoms with Gasteiger partial charge in [0, 0.05) is 17.1 Å². The van der Waals surface area contributed by atoms with Gasteiger partial charge in [0.05, 0.1) is 12.5 Å². The second kappa shape index (κ2) is 6.10. The highest BCUT2D eigenvalue weighted by molar-refractivity contribution is 7.98. The quantitative estimate of drug-likeness (QED) is 0.767. The molecule has 3 nitrogen and oxygen atoms in total. The highest BCUT2D eigenvalue weighted by Crippen LogP contribution is 2.16. The molecule has 0 saturated carbocycles. The normalized spacial score (nSPS) is 9.53. The van der Waals surface area contributed by atoms with E-state index in [-0.39, 0.29) is 0 Å². The molecule has 0 fully saturated rings. The van der Waals surface area contributed by atoms with E-state index in [4.69, 9.17) is 11.0 Å². The summed E-state index contributed by atoms with van der Waals surface area (Å²) in [4.78, 5) is 11.1. The largest absolute Gasteiger partial charge is 0.366 e. The van der Waals surface area contributed by atoms with Crippen molar-refractivity contribution in [1.82, 2.24) is 0 Å². The molecule has 2 N–H and O–H groups in total. The Hall–Kier alpha value is -1.47. The SMILES string of the molecule is N#C[CH]CSCc1ccccc1C(N)=O. The summed E-state index contributed by atoms with van der Waals surface area (Å²) >= 11 is 1.58. The van der Waals surface area contributed by atoms with E-state index in [0.29, 0.717) is 17.1 Å². The molecule has 0 aromatic heterocycles. The predicted octanol–water partition coefficient (Wildman–Crippen LogP) is 1.75. The first-order chi connectivity index (χ1) is 7.25. The molecular weight excluding hydrogens is 208 g/mol. The fourth-order valence-corrected chi connectivity index (χ4v) is 1.93. The van der Waals surface area contributed by atoms with Gasteiger partial charge in [0.2, 0.25) is 5.91 Å². The van der Waals surface area contributed by atoms with E-state index in [0.717, 1.165) is 5.56 Å². The van der Waals surface area contributed by atoms with Crippen LogP contribution in [0.25, 0.3) is 0 Å². The van der Waals surface area contributed by atoms with Crippen LogP contribution >= 0.6 is 11.8 Å². The zero-order valence-electron chi connectivity index (χ0n) is 8.14. The van der Waals surface area contributed by atoms with Gasteiger partial charge < -0.3 is 5.73 Å². The van der Waals surface area contributed by atoms with Crippen LogP contribution < -0.4 is 5.73 Å². The van der Waals surface area contributed by atoms with Crippen LogP contribution in [0.4, 0.5) is 0 Å². The van der Waals surface area contributed by atoms with Crippen LogP contribution in [-0.2, 0) is 5.75 Å². The number of hydrogen-bond acceptors (Lipinski definition) is 3. The summed E-state index contributed by atoms with van der Waals surface area (Å²) < 4.78 is 0. The van der Waals surface area contributed by atoms with Gasteiger partial charge >= 0.3 is 0 Å². The van der Waals surface area contributed by atoms with Gasteiger partial charge in [0.25, 0.3) is 0 Å². The molecule has 4 heteroatoms. The molecule has 1 aromatic carbocycles. The number of nitriles is 1. The predicted molar refractivity (Wildman–Crippen MR) is 61.0 cm³/mol. The Morgan fingerprint density at radius 2 is 2.27 bits per heavy atom. The second-order valence-electron chi connectivity index (χ2n) is 2.87. The summed E-state index contributed by atoms with van der Waals surface area (Å²) in [6.45, 7) is 0. The first kappa shape index (κ1) is 11.6. The lowest BCUT2D eigenvalue weighted by Crippen LogP contribution is -2.13. The molecule has 1 radical (unpaired) electrons. The van der Waals surface area contributed by atoms with Crippen LogP contribution in [0.15, 0.2) is 24.3 Å². The molecule has 0 aliphatic heterocycles. The number of carbonyl (C=O) groups excluding carboxylic acids is 1. The zero-order valence-corrected chi connectivity index (χ0v) is 8.96. The van der Waals surface area contributed by atoms with Crippen molar-refractivity contribution in [3.05, 3.63) is 41.8 Å². The lowest BCUT2D eigenvalue weighted by Gasteiger charge is -2.04. The van der Waals surface area contributed by atoms with Crippen molar-refractivity contribution in [2.45, 2.75) is 5.75 Å². The van der Waals surface area contributed by atoms with Crippen molar-refractivity contribution < 1.29 is 4.79 Å². The summed E-state index contributed by atoms with van der Waals surface area (Å²) in [5.74, 6) is 0.941. The second-order valence-corrected chi connectivity index (χ2v) is 3.90. The molecule has 0 aliphatic carbocycles. The summed E-state index contributed by atoms with van der Waals surface area (Å²) in [5.41, 5.74) is 6.71. The Bertz CT molecular complexity index is 384. The third-order valence-electron chi connectivity index (χ3n) is 1.83. The van der Waals surface area contributed by atoms with Gasteiger partial charge in [-0.15, -0.1) is 0 Å². The van der Waals surface area contributed by atoms with Crippen molar-refractivity contribution in [3.63, 3.8) is 0 Å². The smallest absolute Gasteiger partial charge is 0.249 e. The molecule has 0 atom stereocenters. The topological polar surface area (TPSA) is 66.9 Å². The standard InChI is InChI=1S/C11H11N2OS/c12-6-3-7-15-8-9-4-1-2-5-10(9)11(13)14/h1-5H,7-8H2,(H2,13,14). The van der Waals surface area contributed by atoms with Gasteiger partial charge in [0.1, 0.15) is 0 Å². The molecular formula is C11H11N2OS. The third-order valence-corrected chi connectivity index (χ3v) is 2.75. The van der Waals surface area contributed by atoms with E-state index in [1.807, 2.05) is 18.2 Å². The number of benzene rings is 1. The van der Waals surface area contributed by atoms with Crippen molar-refractivity contribution in [2.24, 2.45) is 5.73 Å². The molecule has 0 heterocycles. The fraction of sp³-hybridized carbons (Fsp3) is 0.182. The lowest BCUT2D eigenvalue weighted by atomic mass is 10.1. The minimum atomic E-state index is -0.407. The Morgan fingerprint density at radius 3 is 2.93 bits per heavy atom. The van der Waals surface area contributed by atoms with Gasteiger partial charge in [-0.25, -0.2) is 0 Å². The number of rotatable bonds is 5. The number of amides is 1. The van der Waals surface area contributed by atoms with Crippen LogP contribution in [0.3, 0.4) is 0 Å². The molecule has 1 rings (SSSR count).